The van der Waals surface area contributed by atoms with E-state index in [0.29, 0.717) is 11.4 Å². The lowest BCUT2D eigenvalue weighted by Gasteiger charge is -2.06. The lowest BCUT2D eigenvalue weighted by Crippen LogP contribution is -2.13. The molecule has 0 atom stereocenters. The van der Waals surface area contributed by atoms with Gasteiger partial charge in [0, 0.05) is 17.8 Å². The summed E-state index contributed by atoms with van der Waals surface area (Å²) in [6.45, 7) is 0. The number of carboxylic acids is 1. The molecule has 0 aliphatic carbocycles. The zero-order chi connectivity index (χ0) is 14.3. The molecule has 0 aliphatic heterocycles. The molecule has 0 aromatic heterocycles. The van der Waals surface area contributed by atoms with Crippen molar-refractivity contribution in [2.75, 3.05) is 17.7 Å². The summed E-state index contributed by atoms with van der Waals surface area (Å²) in [5, 5.41) is 13.4. The van der Waals surface area contributed by atoms with Crippen molar-refractivity contribution in [2.24, 2.45) is 0 Å². The summed E-state index contributed by atoms with van der Waals surface area (Å²) in [7, 11) is 1.26. The summed E-state index contributed by atoms with van der Waals surface area (Å²) in [4.78, 5) is 32.6. The van der Waals surface area contributed by atoms with Gasteiger partial charge >= 0.3 is 12.1 Å². The van der Waals surface area contributed by atoms with E-state index in [1.807, 2.05) is 0 Å². The Hall–Kier alpha value is -2.57. The first-order valence-corrected chi connectivity index (χ1v) is 5.48. The number of amides is 2. The normalized spacial score (nSPS) is 9.53. The summed E-state index contributed by atoms with van der Waals surface area (Å²) in [5.41, 5.74) is 1.04. The van der Waals surface area contributed by atoms with Crippen LogP contribution < -0.4 is 10.6 Å². The van der Waals surface area contributed by atoms with E-state index >= 15 is 0 Å². The lowest BCUT2D eigenvalue weighted by atomic mass is 10.2. The van der Waals surface area contributed by atoms with Crippen molar-refractivity contribution >= 4 is 29.3 Å². The molecule has 3 N–H and O–H groups in total. The number of rotatable bonds is 5. The highest BCUT2D eigenvalue weighted by Crippen LogP contribution is 2.14. The standard InChI is InChI=1S/C12H14N2O5/c1-19-12(18)14-9-4-2-8(3-5-9)13-10(15)6-7-11(16)17/h2-5H,6-7H2,1H3,(H,13,15)(H,14,18)(H,16,17). The highest BCUT2D eigenvalue weighted by atomic mass is 16.5. The molecule has 0 saturated carbocycles. The fourth-order valence-electron chi connectivity index (χ4n) is 1.25. The Bertz CT molecular complexity index is 470. The van der Waals surface area contributed by atoms with Crippen LogP contribution in [0.25, 0.3) is 0 Å². The van der Waals surface area contributed by atoms with Gasteiger partial charge in [-0.2, -0.15) is 0 Å². The highest BCUT2D eigenvalue weighted by Gasteiger charge is 2.06. The van der Waals surface area contributed by atoms with Crippen molar-refractivity contribution < 1.29 is 24.2 Å². The molecule has 1 aromatic carbocycles. The number of hydrogen-bond acceptors (Lipinski definition) is 4. The molecule has 1 aromatic rings. The van der Waals surface area contributed by atoms with Crippen molar-refractivity contribution in [3.63, 3.8) is 0 Å². The Balaban J connectivity index is 2.50. The highest BCUT2D eigenvalue weighted by molar-refractivity contribution is 5.93. The molecular formula is C12H14N2O5. The Labute approximate surface area is 109 Å². The van der Waals surface area contributed by atoms with Gasteiger partial charge < -0.3 is 15.2 Å². The molecule has 1 rings (SSSR count). The van der Waals surface area contributed by atoms with Crippen LogP contribution in [-0.2, 0) is 14.3 Å². The molecule has 0 saturated heterocycles. The fourth-order valence-corrected chi connectivity index (χ4v) is 1.25. The Kier molecular flexibility index (Phi) is 5.34. The molecule has 7 heteroatoms. The van der Waals surface area contributed by atoms with Gasteiger partial charge in [-0.05, 0) is 24.3 Å². The first-order valence-electron chi connectivity index (χ1n) is 5.48. The average Bonchev–Trinajstić information content (AvgIpc) is 2.38. The number of nitrogens with one attached hydrogen (secondary N) is 2. The Morgan fingerprint density at radius 3 is 2.05 bits per heavy atom. The van der Waals surface area contributed by atoms with Gasteiger partial charge in [-0.1, -0.05) is 0 Å². The molecule has 19 heavy (non-hydrogen) atoms. The van der Waals surface area contributed by atoms with Crippen LogP contribution in [0.15, 0.2) is 24.3 Å². The zero-order valence-electron chi connectivity index (χ0n) is 10.3. The van der Waals surface area contributed by atoms with Crippen LogP contribution in [0.1, 0.15) is 12.8 Å². The largest absolute Gasteiger partial charge is 0.481 e. The molecule has 7 nitrogen and oxygen atoms in total. The molecule has 2 amide bonds. The van der Waals surface area contributed by atoms with Crippen LogP contribution >= 0.6 is 0 Å². The number of benzene rings is 1. The number of anilines is 2. The number of methoxy groups -OCH3 is 1. The second kappa shape index (κ2) is 7.00. The molecule has 0 spiro atoms. The third-order valence-corrected chi connectivity index (χ3v) is 2.17. The van der Waals surface area contributed by atoms with Crippen LogP contribution in [0.4, 0.5) is 16.2 Å². The van der Waals surface area contributed by atoms with Crippen LogP contribution in [0.2, 0.25) is 0 Å². The van der Waals surface area contributed by atoms with Crippen molar-refractivity contribution in [1.82, 2.24) is 0 Å². The maximum atomic E-state index is 11.4. The van der Waals surface area contributed by atoms with Crippen LogP contribution in [0.3, 0.4) is 0 Å². The number of hydrogen-bond donors (Lipinski definition) is 3. The van der Waals surface area contributed by atoms with Crippen LogP contribution in [-0.4, -0.2) is 30.2 Å². The van der Waals surface area contributed by atoms with E-state index in [9.17, 15) is 14.4 Å². The summed E-state index contributed by atoms with van der Waals surface area (Å²) in [5.74, 6) is -1.40. The van der Waals surface area contributed by atoms with Crippen molar-refractivity contribution in [2.45, 2.75) is 12.8 Å². The van der Waals surface area contributed by atoms with Gasteiger partial charge in [0.15, 0.2) is 0 Å². The van der Waals surface area contributed by atoms with Gasteiger partial charge in [0.1, 0.15) is 0 Å². The Morgan fingerprint density at radius 1 is 1.05 bits per heavy atom. The second-order valence-corrected chi connectivity index (χ2v) is 3.64. The summed E-state index contributed by atoms with van der Waals surface area (Å²) in [6, 6.07) is 6.35. The number of ether oxygens (including phenoxy) is 1. The van der Waals surface area contributed by atoms with Gasteiger partial charge in [0.2, 0.25) is 5.91 Å². The quantitative estimate of drug-likeness (QED) is 0.751. The van der Waals surface area contributed by atoms with Crippen molar-refractivity contribution in [1.29, 1.82) is 0 Å². The maximum Gasteiger partial charge on any atom is 0.411 e. The molecular weight excluding hydrogens is 252 g/mol. The monoisotopic (exact) mass is 266 g/mol. The lowest BCUT2D eigenvalue weighted by molar-refractivity contribution is -0.138. The number of aliphatic carboxylic acids is 1. The smallest absolute Gasteiger partial charge is 0.411 e. The summed E-state index contributed by atoms with van der Waals surface area (Å²) in [6.07, 6.45) is -0.885. The van der Waals surface area contributed by atoms with E-state index in [4.69, 9.17) is 5.11 Å². The first-order chi connectivity index (χ1) is 9.01. The van der Waals surface area contributed by atoms with E-state index in [0.717, 1.165) is 0 Å². The second-order valence-electron chi connectivity index (χ2n) is 3.64. The van der Waals surface area contributed by atoms with E-state index in [2.05, 4.69) is 15.4 Å². The third kappa shape index (κ3) is 5.53. The van der Waals surface area contributed by atoms with E-state index < -0.39 is 12.1 Å². The summed E-state index contributed by atoms with van der Waals surface area (Å²) >= 11 is 0. The van der Waals surface area contributed by atoms with Crippen molar-refractivity contribution in [3.8, 4) is 0 Å². The minimum Gasteiger partial charge on any atom is -0.481 e. The first kappa shape index (κ1) is 14.5. The maximum absolute atomic E-state index is 11.4. The molecule has 0 fully saturated rings. The predicted molar refractivity (Wildman–Crippen MR) is 68.0 cm³/mol. The average molecular weight is 266 g/mol. The SMILES string of the molecule is COC(=O)Nc1ccc(NC(=O)CCC(=O)O)cc1. The van der Waals surface area contributed by atoms with E-state index in [-0.39, 0.29) is 18.7 Å². The van der Waals surface area contributed by atoms with Crippen LogP contribution in [0.5, 0.6) is 0 Å². The molecule has 102 valence electrons. The molecule has 0 heterocycles. The number of carbonyl (C=O) groups is 3. The molecule has 0 unspecified atom stereocenters. The molecule has 0 bridgehead atoms. The fraction of sp³-hybridized carbons (Fsp3) is 0.250. The number of carboxylic acid groups (broad SMARTS) is 1. The Morgan fingerprint density at radius 2 is 1.58 bits per heavy atom. The van der Waals surface area contributed by atoms with E-state index in [1.54, 1.807) is 24.3 Å². The minimum absolute atomic E-state index is 0.0858. The topological polar surface area (TPSA) is 105 Å². The summed E-state index contributed by atoms with van der Waals surface area (Å²) < 4.78 is 4.43. The molecule has 0 radical (unpaired) electrons. The zero-order valence-corrected chi connectivity index (χ0v) is 10.3. The van der Waals surface area contributed by atoms with Gasteiger partial charge in [0.25, 0.3) is 0 Å². The van der Waals surface area contributed by atoms with Gasteiger partial charge in [-0.15, -0.1) is 0 Å². The number of carbonyl (C=O) groups excluding carboxylic acids is 2. The van der Waals surface area contributed by atoms with Crippen LogP contribution in [0, 0.1) is 0 Å². The molecule has 0 aliphatic rings. The predicted octanol–water partition coefficient (Wildman–Crippen LogP) is 1.67. The minimum atomic E-state index is -1.02. The van der Waals surface area contributed by atoms with Crippen molar-refractivity contribution in [3.05, 3.63) is 24.3 Å². The van der Waals surface area contributed by atoms with Gasteiger partial charge in [-0.25, -0.2) is 4.79 Å². The van der Waals surface area contributed by atoms with E-state index in [1.165, 1.54) is 7.11 Å². The van der Waals surface area contributed by atoms with Gasteiger partial charge in [-0.3, -0.25) is 14.9 Å². The third-order valence-electron chi connectivity index (χ3n) is 2.17. The van der Waals surface area contributed by atoms with Gasteiger partial charge in [0.05, 0.1) is 13.5 Å².